The molecular formula is C63H36N4O2S. The molecule has 0 N–H and O–H groups in total. The number of hydrogen-bond acceptors (Lipinski definition) is 6. The third-order valence-electron chi connectivity index (χ3n) is 13.9. The summed E-state index contributed by atoms with van der Waals surface area (Å²) in [4.78, 5) is 16.0. The van der Waals surface area contributed by atoms with E-state index in [-0.39, 0.29) is 0 Å². The highest BCUT2D eigenvalue weighted by Crippen LogP contribution is 2.44. The number of furan rings is 2. The van der Waals surface area contributed by atoms with E-state index in [2.05, 4.69) is 205 Å². The quantitative estimate of drug-likeness (QED) is 0.166. The van der Waals surface area contributed by atoms with Gasteiger partial charge in [0.1, 0.15) is 22.3 Å². The lowest BCUT2D eigenvalue weighted by Crippen LogP contribution is -2.00. The van der Waals surface area contributed by atoms with Crippen LogP contribution in [0, 0.1) is 0 Å². The normalized spacial score (nSPS) is 12.0. The Morgan fingerprint density at radius 1 is 0.314 bits per heavy atom. The van der Waals surface area contributed by atoms with Gasteiger partial charge in [0.05, 0.1) is 11.0 Å². The van der Waals surface area contributed by atoms with Crippen LogP contribution in [0.1, 0.15) is 0 Å². The molecule has 0 aliphatic rings. The second-order valence-corrected chi connectivity index (χ2v) is 19.0. The van der Waals surface area contributed by atoms with Crippen molar-refractivity contribution in [3.63, 3.8) is 0 Å². The highest BCUT2D eigenvalue weighted by atomic mass is 32.1. The maximum Gasteiger partial charge on any atom is 0.164 e. The minimum absolute atomic E-state index is 0.566. The fourth-order valence-electron chi connectivity index (χ4n) is 10.6. The molecule has 0 atom stereocenters. The second-order valence-electron chi connectivity index (χ2n) is 17.9. The van der Waals surface area contributed by atoms with E-state index in [4.69, 9.17) is 23.8 Å². The lowest BCUT2D eigenvalue weighted by atomic mass is 9.99. The molecule has 0 bridgehead atoms. The zero-order valence-corrected chi connectivity index (χ0v) is 38.1. The molecule has 5 heterocycles. The number of benzene rings is 10. The summed E-state index contributed by atoms with van der Waals surface area (Å²) >= 11 is 1.82. The molecule has 0 amide bonds. The minimum atomic E-state index is 0.566. The van der Waals surface area contributed by atoms with Crippen molar-refractivity contribution in [3.8, 4) is 62.1 Å². The van der Waals surface area contributed by atoms with Crippen molar-refractivity contribution in [2.24, 2.45) is 0 Å². The van der Waals surface area contributed by atoms with Crippen molar-refractivity contribution in [2.45, 2.75) is 0 Å². The Kier molecular flexibility index (Phi) is 8.43. The van der Waals surface area contributed by atoms with Gasteiger partial charge in [-0.2, -0.15) is 0 Å². The Morgan fingerprint density at radius 2 is 0.929 bits per heavy atom. The summed E-state index contributed by atoms with van der Waals surface area (Å²) in [6.07, 6.45) is 0. The van der Waals surface area contributed by atoms with Gasteiger partial charge in [-0.3, -0.25) is 0 Å². The van der Waals surface area contributed by atoms with Crippen molar-refractivity contribution in [1.82, 2.24) is 19.5 Å². The lowest BCUT2D eigenvalue weighted by molar-refractivity contribution is 0.669. The van der Waals surface area contributed by atoms with Crippen LogP contribution in [-0.2, 0) is 0 Å². The highest BCUT2D eigenvalue weighted by molar-refractivity contribution is 7.26. The van der Waals surface area contributed by atoms with Gasteiger partial charge in [0.2, 0.25) is 0 Å². The number of thiophene rings is 1. The predicted molar refractivity (Wildman–Crippen MR) is 289 cm³/mol. The molecule has 0 spiro atoms. The van der Waals surface area contributed by atoms with Crippen LogP contribution in [0.4, 0.5) is 0 Å². The van der Waals surface area contributed by atoms with Gasteiger partial charge in [0.15, 0.2) is 17.5 Å². The Bertz CT molecular complexity index is 4600. The molecule has 70 heavy (non-hydrogen) atoms. The van der Waals surface area contributed by atoms with Crippen LogP contribution >= 0.6 is 11.3 Å². The van der Waals surface area contributed by atoms with E-state index < -0.39 is 0 Å². The van der Waals surface area contributed by atoms with Crippen LogP contribution in [0.3, 0.4) is 0 Å². The van der Waals surface area contributed by atoms with Gasteiger partial charge >= 0.3 is 0 Å². The lowest BCUT2D eigenvalue weighted by Gasteiger charge is -2.11. The molecule has 5 aromatic heterocycles. The number of fused-ring (bicyclic) bond motifs is 13. The molecule has 0 saturated carbocycles. The first-order valence-electron chi connectivity index (χ1n) is 23.4. The van der Waals surface area contributed by atoms with E-state index in [0.29, 0.717) is 17.5 Å². The van der Waals surface area contributed by atoms with Crippen LogP contribution in [0.2, 0.25) is 0 Å². The van der Waals surface area contributed by atoms with Gasteiger partial charge in [0.25, 0.3) is 0 Å². The van der Waals surface area contributed by atoms with Crippen molar-refractivity contribution >= 4 is 97.2 Å². The molecule has 0 fully saturated rings. The third kappa shape index (κ3) is 6.02. The van der Waals surface area contributed by atoms with E-state index in [1.165, 1.54) is 20.2 Å². The zero-order chi connectivity index (χ0) is 45.9. The smallest absolute Gasteiger partial charge is 0.164 e. The number of rotatable bonds is 6. The van der Waals surface area contributed by atoms with E-state index in [9.17, 15) is 0 Å². The number of aromatic nitrogens is 4. The van der Waals surface area contributed by atoms with Gasteiger partial charge < -0.3 is 13.4 Å². The molecular weight excluding hydrogens is 877 g/mol. The average Bonchev–Trinajstić information content (AvgIpc) is 4.19. The first-order valence-corrected chi connectivity index (χ1v) is 24.2. The van der Waals surface area contributed by atoms with Crippen LogP contribution in [-0.4, -0.2) is 19.5 Å². The topological polar surface area (TPSA) is 69.9 Å². The van der Waals surface area contributed by atoms with E-state index in [1.54, 1.807) is 0 Å². The van der Waals surface area contributed by atoms with Crippen molar-refractivity contribution in [2.75, 3.05) is 0 Å². The number of para-hydroxylation sites is 2. The molecule has 0 radical (unpaired) electrons. The first kappa shape index (κ1) is 38.9. The van der Waals surface area contributed by atoms with Crippen molar-refractivity contribution in [1.29, 1.82) is 0 Å². The third-order valence-corrected chi connectivity index (χ3v) is 15.0. The van der Waals surface area contributed by atoms with Crippen LogP contribution < -0.4 is 0 Å². The predicted octanol–water partition coefficient (Wildman–Crippen LogP) is 17.5. The summed E-state index contributed by atoms with van der Waals surface area (Å²) in [6.45, 7) is 0. The Morgan fingerprint density at radius 3 is 1.81 bits per heavy atom. The molecule has 0 unspecified atom stereocenters. The molecule has 15 rings (SSSR count). The van der Waals surface area contributed by atoms with E-state index in [0.717, 1.165) is 110 Å². The maximum atomic E-state index is 6.61. The molecule has 0 saturated heterocycles. The van der Waals surface area contributed by atoms with Gasteiger partial charge in [-0.15, -0.1) is 11.3 Å². The summed E-state index contributed by atoms with van der Waals surface area (Å²) in [5.41, 5.74) is 13.7. The monoisotopic (exact) mass is 912 g/mol. The molecule has 0 aliphatic heterocycles. The summed E-state index contributed by atoms with van der Waals surface area (Å²) < 4.78 is 18.0. The molecule has 6 nitrogen and oxygen atoms in total. The summed E-state index contributed by atoms with van der Waals surface area (Å²) in [6, 6.07) is 76.6. The average molecular weight is 913 g/mol. The highest BCUT2D eigenvalue weighted by Gasteiger charge is 2.21. The Labute approximate surface area is 404 Å². The number of hydrogen-bond donors (Lipinski definition) is 0. The molecule has 326 valence electrons. The second kappa shape index (κ2) is 15.2. The van der Waals surface area contributed by atoms with Gasteiger partial charge in [-0.05, 0) is 113 Å². The molecule has 0 aliphatic carbocycles. The minimum Gasteiger partial charge on any atom is -0.456 e. The molecule has 10 aromatic carbocycles. The fraction of sp³-hybridized carbons (Fsp3) is 0. The zero-order valence-electron chi connectivity index (χ0n) is 37.3. The summed E-state index contributed by atoms with van der Waals surface area (Å²) in [5, 5.41) is 8.98. The summed E-state index contributed by atoms with van der Waals surface area (Å²) in [5.74, 6) is 1.72. The fourth-order valence-corrected chi connectivity index (χ4v) is 11.8. The van der Waals surface area contributed by atoms with Gasteiger partial charge in [-0.1, -0.05) is 127 Å². The first-order chi connectivity index (χ1) is 34.7. The molecule has 7 heteroatoms. The molecule has 15 aromatic rings. The SMILES string of the molecule is c1ccc(-c2ccc3c(c2)oc2cccc(-c4nc(-c5cccc(-c6ccc7oc8ccc9sc%10ccccc%10c9c8c7c6)c5)nc(-c5ccc6c(c5)c5ccccc5n6-c5ccccc5)n4)c23)cc1. The van der Waals surface area contributed by atoms with Crippen LogP contribution in [0.25, 0.3) is 148 Å². The Balaban J connectivity index is 0.922. The summed E-state index contributed by atoms with van der Waals surface area (Å²) in [7, 11) is 0. The standard InChI is InChI=1S/C63H36N4O2S/c1-3-13-37(14-4-1)40-25-28-45-55(36-40)69-53-23-12-21-47(58(45)53)63-65-61(64-62(66-63)42-26-29-51-48(35-42)44-19-7-9-22-50(44)67(51)43-17-5-2-6-18-43)41-16-11-15-38(33-41)39-27-30-52-49(34-39)59-54(68-52)31-32-57-60(59)46-20-8-10-24-56(46)70-57/h1-36H. The van der Waals surface area contributed by atoms with E-state index in [1.807, 2.05) is 29.5 Å². The van der Waals surface area contributed by atoms with Crippen LogP contribution in [0.15, 0.2) is 227 Å². The largest absolute Gasteiger partial charge is 0.456 e. The van der Waals surface area contributed by atoms with Crippen molar-refractivity contribution < 1.29 is 8.83 Å². The maximum absolute atomic E-state index is 6.61. The van der Waals surface area contributed by atoms with Crippen molar-refractivity contribution in [3.05, 3.63) is 218 Å². The van der Waals surface area contributed by atoms with E-state index >= 15 is 0 Å². The number of nitrogens with zero attached hydrogens (tertiary/aromatic N) is 4. The van der Waals surface area contributed by atoms with Gasteiger partial charge in [-0.25, -0.2) is 15.0 Å². The Hall–Kier alpha value is -9.17. The van der Waals surface area contributed by atoms with Crippen LogP contribution in [0.5, 0.6) is 0 Å². The van der Waals surface area contributed by atoms with Gasteiger partial charge in [0, 0.05) is 74.9 Å².